The van der Waals surface area contributed by atoms with Gasteiger partial charge in [0.2, 0.25) is 5.82 Å². The summed E-state index contributed by atoms with van der Waals surface area (Å²) in [5.41, 5.74) is 1.73. The van der Waals surface area contributed by atoms with Gasteiger partial charge in [-0.2, -0.15) is 0 Å². The number of carbonyl (C=O) groups excluding carboxylic acids is 1. The summed E-state index contributed by atoms with van der Waals surface area (Å²) in [6, 6.07) is 16.2. The maximum Gasteiger partial charge on any atom is 0.293 e. The third-order valence-corrected chi connectivity index (χ3v) is 5.87. The van der Waals surface area contributed by atoms with Gasteiger partial charge >= 0.3 is 0 Å². The van der Waals surface area contributed by atoms with Crippen molar-refractivity contribution >= 4 is 11.6 Å². The zero-order valence-electron chi connectivity index (χ0n) is 16.0. The number of benzene rings is 2. The topological polar surface area (TPSA) is 63.1 Å². The highest BCUT2D eigenvalue weighted by atomic mass is 19.1. The van der Waals surface area contributed by atoms with E-state index < -0.39 is 0 Å². The van der Waals surface area contributed by atoms with Crippen LogP contribution < -0.4 is 5.32 Å². The minimum Gasteiger partial charge on any atom is -0.319 e. The molecule has 0 bridgehead atoms. The molecule has 1 amide bonds. The van der Waals surface area contributed by atoms with Crippen LogP contribution in [0.3, 0.4) is 0 Å². The van der Waals surface area contributed by atoms with Gasteiger partial charge in [-0.25, -0.2) is 4.39 Å². The maximum absolute atomic E-state index is 13.5. The number of aromatic nitrogens is 3. The van der Waals surface area contributed by atoms with Gasteiger partial charge in [-0.1, -0.05) is 30.3 Å². The van der Waals surface area contributed by atoms with Crippen LogP contribution in [0.2, 0.25) is 0 Å². The summed E-state index contributed by atoms with van der Waals surface area (Å²) >= 11 is 0. The molecular formula is C22H22FN5O. The molecule has 1 fully saturated rings. The van der Waals surface area contributed by atoms with Crippen molar-refractivity contribution in [2.45, 2.75) is 19.5 Å². The molecule has 2 unspecified atom stereocenters. The Labute approximate surface area is 168 Å². The predicted octanol–water partition coefficient (Wildman–Crippen LogP) is 2.97. The van der Waals surface area contributed by atoms with E-state index in [0.29, 0.717) is 17.7 Å². The lowest BCUT2D eigenvalue weighted by Gasteiger charge is -2.25. The summed E-state index contributed by atoms with van der Waals surface area (Å²) in [7, 11) is 0. The number of nitrogens with one attached hydrogen (secondary N) is 1. The summed E-state index contributed by atoms with van der Waals surface area (Å²) in [6.07, 6.45) is 0.815. The zero-order chi connectivity index (χ0) is 19.8. The maximum atomic E-state index is 13.5. The van der Waals surface area contributed by atoms with Crippen molar-refractivity contribution in [1.29, 1.82) is 0 Å². The van der Waals surface area contributed by atoms with E-state index in [2.05, 4.69) is 20.4 Å². The summed E-state index contributed by atoms with van der Waals surface area (Å²) in [4.78, 5) is 15.1. The Hall–Kier alpha value is -3.06. The highest BCUT2D eigenvalue weighted by Crippen LogP contribution is 2.33. The van der Waals surface area contributed by atoms with Crippen LogP contribution in [-0.4, -0.2) is 38.7 Å². The highest BCUT2D eigenvalue weighted by molar-refractivity contribution is 6.01. The molecule has 2 aliphatic heterocycles. The van der Waals surface area contributed by atoms with Crippen molar-refractivity contribution in [2.24, 2.45) is 11.8 Å². The normalized spacial score (nSPS) is 20.9. The molecule has 0 radical (unpaired) electrons. The van der Waals surface area contributed by atoms with Gasteiger partial charge in [-0.3, -0.25) is 9.69 Å². The molecule has 0 saturated carbocycles. The number of hydrogen-bond donors (Lipinski definition) is 1. The van der Waals surface area contributed by atoms with Gasteiger partial charge in [0.1, 0.15) is 11.6 Å². The Morgan fingerprint density at radius 1 is 1.03 bits per heavy atom. The fourth-order valence-corrected chi connectivity index (χ4v) is 4.52. The Morgan fingerprint density at radius 3 is 2.69 bits per heavy atom. The summed E-state index contributed by atoms with van der Waals surface area (Å²) in [6.45, 7) is 3.37. The van der Waals surface area contributed by atoms with Gasteiger partial charge in [-0.15, -0.1) is 10.2 Å². The number of amides is 1. The van der Waals surface area contributed by atoms with Gasteiger partial charge in [0, 0.05) is 38.3 Å². The molecule has 3 heterocycles. The van der Waals surface area contributed by atoms with E-state index in [1.807, 2.05) is 41.0 Å². The minimum absolute atomic E-state index is 0.195. The first-order chi connectivity index (χ1) is 14.2. The van der Waals surface area contributed by atoms with E-state index in [9.17, 15) is 9.18 Å². The van der Waals surface area contributed by atoms with Crippen LogP contribution in [0.4, 0.5) is 10.1 Å². The molecule has 0 spiro atoms. The first-order valence-corrected chi connectivity index (χ1v) is 9.91. The molecule has 7 heteroatoms. The van der Waals surface area contributed by atoms with Gasteiger partial charge in [0.05, 0.1) is 0 Å². The number of likely N-dealkylation sites (tertiary alicyclic amines) is 1. The molecule has 29 heavy (non-hydrogen) atoms. The van der Waals surface area contributed by atoms with Crippen molar-refractivity contribution in [1.82, 2.24) is 19.7 Å². The van der Waals surface area contributed by atoms with Crippen LogP contribution in [-0.2, 0) is 19.5 Å². The second-order valence-corrected chi connectivity index (χ2v) is 7.92. The molecule has 3 aromatic rings. The van der Waals surface area contributed by atoms with Crippen molar-refractivity contribution in [3.05, 3.63) is 77.6 Å². The van der Waals surface area contributed by atoms with Gasteiger partial charge in [-0.05, 0) is 41.7 Å². The molecule has 148 valence electrons. The van der Waals surface area contributed by atoms with Crippen molar-refractivity contribution in [2.75, 3.05) is 18.4 Å². The van der Waals surface area contributed by atoms with Crippen LogP contribution in [0.1, 0.15) is 22.0 Å². The quantitative estimate of drug-likeness (QED) is 0.743. The largest absolute Gasteiger partial charge is 0.319 e. The highest BCUT2D eigenvalue weighted by Gasteiger charge is 2.39. The molecule has 2 atom stereocenters. The van der Waals surface area contributed by atoms with E-state index in [4.69, 9.17) is 0 Å². The third kappa shape index (κ3) is 3.65. The first kappa shape index (κ1) is 18.0. The fraction of sp³-hybridized carbons (Fsp3) is 0.318. The number of rotatable bonds is 4. The fourth-order valence-electron chi connectivity index (χ4n) is 4.52. The average Bonchev–Trinajstić information content (AvgIpc) is 3.29. The lowest BCUT2D eigenvalue weighted by molar-refractivity contribution is 0.100. The Bertz CT molecular complexity index is 1030. The molecule has 1 aromatic heterocycles. The molecule has 1 saturated heterocycles. The number of carbonyl (C=O) groups is 1. The van der Waals surface area contributed by atoms with E-state index in [-0.39, 0.29) is 11.7 Å². The lowest BCUT2D eigenvalue weighted by Crippen LogP contribution is -2.31. The number of fused-ring (bicyclic) bond motifs is 2. The van der Waals surface area contributed by atoms with Crippen LogP contribution in [0, 0.1) is 17.7 Å². The number of halogens is 1. The second kappa shape index (κ2) is 7.40. The van der Waals surface area contributed by atoms with Crippen LogP contribution >= 0.6 is 0 Å². The molecule has 5 rings (SSSR count). The molecule has 6 nitrogen and oxygen atoms in total. The van der Waals surface area contributed by atoms with Crippen molar-refractivity contribution in [3.63, 3.8) is 0 Å². The first-order valence-electron chi connectivity index (χ1n) is 9.91. The second-order valence-electron chi connectivity index (χ2n) is 7.92. The summed E-state index contributed by atoms with van der Waals surface area (Å²) < 4.78 is 15.4. The Balaban J connectivity index is 1.28. The van der Waals surface area contributed by atoms with Gasteiger partial charge in [0.25, 0.3) is 5.91 Å². The minimum atomic E-state index is -0.233. The van der Waals surface area contributed by atoms with Crippen molar-refractivity contribution in [3.8, 4) is 0 Å². The Kier molecular flexibility index (Phi) is 4.60. The molecule has 2 aliphatic rings. The van der Waals surface area contributed by atoms with Crippen LogP contribution in [0.25, 0.3) is 0 Å². The average molecular weight is 391 g/mol. The number of hydrogen-bond acceptors (Lipinski definition) is 4. The van der Waals surface area contributed by atoms with Gasteiger partial charge < -0.3 is 9.88 Å². The monoisotopic (exact) mass is 391 g/mol. The van der Waals surface area contributed by atoms with E-state index in [1.54, 1.807) is 12.1 Å². The lowest BCUT2D eigenvalue weighted by atomic mass is 9.89. The smallest absolute Gasteiger partial charge is 0.293 e. The van der Waals surface area contributed by atoms with Crippen LogP contribution in [0.15, 0.2) is 54.6 Å². The predicted molar refractivity (Wildman–Crippen MR) is 107 cm³/mol. The van der Waals surface area contributed by atoms with Gasteiger partial charge in [0.15, 0.2) is 0 Å². The molecule has 0 aliphatic carbocycles. The molecule has 1 N–H and O–H groups in total. The van der Waals surface area contributed by atoms with E-state index in [0.717, 1.165) is 49.7 Å². The molecule has 2 aromatic carbocycles. The summed E-state index contributed by atoms with van der Waals surface area (Å²) in [5, 5.41) is 11.3. The summed E-state index contributed by atoms with van der Waals surface area (Å²) in [5.74, 6) is 1.74. The Morgan fingerprint density at radius 2 is 1.86 bits per heavy atom. The number of nitrogens with zero attached hydrogens (tertiary/aromatic N) is 4. The number of para-hydroxylation sites is 1. The van der Waals surface area contributed by atoms with Crippen molar-refractivity contribution < 1.29 is 9.18 Å². The van der Waals surface area contributed by atoms with E-state index >= 15 is 0 Å². The van der Waals surface area contributed by atoms with E-state index in [1.165, 1.54) is 6.07 Å². The SMILES string of the molecule is O=C(Nc1ccccc1)c1nnc2n1CC1CN(Cc3cccc(F)c3)CC1C2. The third-order valence-electron chi connectivity index (χ3n) is 5.87. The standard InChI is InChI=1S/C22H22FN5O/c23-18-6-4-5-15(9-18)11-27-12-16-10-20-25-26-21(28(20)14-17(16)13-27)22(29)24-19-7-2-1-3-8-19/h1-9,16-17H,10-14H2,(H,24,29). The van der Waals surface area contributed by atoms with Crippen LogP contribution in [0.5, 0.6) is 0 Å². The molecular weight excluding hydrogens is 369 g/mol. The zero-order valence-corrected chi connectivity index (χ0v) is 16.0. The number of anilines is 1.